The van der Waals surface area contributed by atoms with E-state index in [1.165, 1.54) is 44.9 Å². The number of ketones is 1. The Hall–Kier alpha value is -0.413. The molecule has 146 valence electrons. The van der Waals surface area contributed by atoms with Crippen LogP contribution >= 0.6 is 0 Å². The Labute approximate surface area is 158 Å². The van der Waals surface area contributed by atoms with Crippen LogP contribution in [0, 0.1) is 17.3 Å². The first-order chi connectivity index (χ1) is 11.8. The van der Waals surface area contributed by atoms with E-state index in [2.05, 4.69) is 46.0 Å². The van der Waals surface area contributed by atoms with Crippen molar-refractivity contribution in [3.8, 4) is 0 Å². The van der Waals surface area contributed by atoms with Crippen LogP contribution in [0.3, 0.4) is 0 Å². The standard InChI is InChI=1S/C22H42O2Si/c1-22(2,3)20(16-15-19-12-11-14-21(23)18-19)13-9-7-6-8-10-17-24-25(4)5/h15-16,19-20,25H,6-14,17-18H2,1-5H3. The van der Waals surface area contributed by atoms with Gasteiger partial charge in [-0.3, -0.25) is 4.79 Å². The van der Waals surface area contributed by atoms with Gasteiger partial charge in [0.2, 0.25) is 0 Å². The summed E-state index contributed by atoms with van der Waals surface area (Å²) in [6.07, 6.45) is 16.4. The minimum Gasteiger partial charge on any atom is -0.421 e. The average molecular weight is 367 g/mol. The van der Waals surface area contributed by atoms with Crippen LogP contribution in [0.25, 0.3) is 0 Å². The largest absolute Gasteiger partial charge is 0.421 e. The number of carbonyl (C=O) groups excluding carboxylic acids is 1. The summed E-state index contributed by atoms with van der Waals surface area (Å²) in [6, 6.07) is 0. The molecule has 0 aromatic carbocycles. The van der Waals surface area contributed by atoms with Gasteiger partial charge < -0.3 is 4.43 Å². The lowest BCUT2D eigenvalue weighted by Gasteiger charge is -2.29. The van der Waals surface area contributed by atoms with Gasteiger partial charge in [-0.25, -0.2) is 0 Å². The molecule has 0 amide bonds. The molecular formula is C22H42O2Si. The smallest absolute Gasteiger partial charge is 0.170 e. The van der Waals surface area contributed by atoms with Gasteiger partial charge >= 0.3 is 0 Å². The summed E-state index contributed by atoms with van der Waals surface area (Å²) in [5.41, 5.74) is 0.310. The Kier molecular flexibility index (Phi) is 10.9. The van der Waals surface area contributed by atoms with Crippen molar-refractivity contribution >= 4 is 14.8 Å². The summed E-state index contributed by atoms with van der Waals surface area (Å²) < 4.78 is 5.73. The fourth-order valence-electron chi connectivity index (χ4n) is 3.65. The lowest BCUT2D eigenvalue weighted by atomic mass is 9.76. The van der Waals surface area contributed by atoms with E-state index in [1.807, 2.05) is 0 Å². The molecule has 25 heavy (non-hydrogen) atoms. The second kappa shape index (κ2) is 12.1. The van der Waals surface area contributed by atoms with Crippen molar-refractivity contribution in [2.24, 2.45) is 17.3 Å². The molecule has 1 aliphatic rings. The van der Waals surface area contributed by atoms with Crippen LogP contribution in [0.2, 0.25) is 13.1 Å². The zero-order valence-corrected chi connectivity index (χ0v) is 18.6. The SMILES string of the molecule is C[SiH](C)OCCCCCCCC(C=CC1CCCC(=O)C1)C(C)(C)C. The highest BCUT2D eigenvalue weighted by atomic mass is 28.3. The predicted molar refractivity (Wildman–Crippen MR) is 112 cm³/mol. The van der Waals surface area contributed by atoms with E-state index in [9.17, 15) is 4.79 Å². The van der Waals surface area contributed by atoms with E-state index in [-0.39, 0.29) is 0 Å². The summed E-state index contributed by atoms with van der Waals surface area (Å²) in [5, 5.41) is 0. The van der Waals surface area contributed by atoms with Gasteiger partial charge in [-0.15, -0.1) is 0 Å². The molecule has 0 N–H and O–H groups in total. The third-order valence-corrected chi connectivity index (χ3v) is 6.26. The van der Waals surface area contributed by atoms with Crippen LogP contribution in [-0.2, 0) is 9.22 Å². The molecule has 0 radical (unpaired) electrons. The molecule has 0 aromatic rings. The van der Waals surface area contributed by atoms with Crippen molar-refractivity contribution < 1.29 is 9.22 Å². The lowest BCUT2D eigenvalue weighted by molar-refractivity contribution is -0.121. The first-order valence-electron chi connectivity index (χ1n) is 10.6. The molecule has 1 rings (SSSR count). The zero-order chi connectivity index (χ0) is 18.7. The van der Waals surface area contributed by atoms with E-state index in [4.69, 9.17) is 4.43 Å². The van der Waals surface area contributed by atoms with E-state index in [1.54, 1.807) is 0 Å². The van der Waals surface area contributed by atoms with Crippen LogP contribution in [0.1, 0.15) is 85.0 Å². The van der Waals surface area contributed by atoms with Crippen LogP contribution in [-0.4, -0.2) is 21.4 Å². The number of allylic oxidation sites excluding steroid dienone is 2. The van der Waals surface area contributed by atoms with Gasteiger partial charge in [-0.05, 0) is 56.0 Å². The number of carbonyl (C=O) groups is 1. The molecule has 0 heterocycles. The number of hydrogen-bond donors (Lipinski definition) is 0. The fraction of sp³-hybridized carbons (Fsp3) is 0.864. The lowest BCUT2D eigenvalue weighted by Crippen LogP contribution is -2.19. The Morgan fingerprint density at radius 1 is 1.16 bits per heavy atom. The Bertz CT molecular complexity index is 395. The van der Waals surface area contributed by atoms with Crippen LogP contribution < -0.4 is 0 Å². The minimum atomic E-state index is -0.822. The highest BCUT2D eigenvalue weighted by Crippen LogP contribution is 2.33. The highest BCUT2D eigenvalue weighted by Gasteiger charge is 2.23. The van der Waals surface area contributed by atoms with Gasteiger partial charge in [0.05, 0.1) is 0 Å². The number of unbranched alkanes of at least 4 members (excludes halogenated alkanes) is 4. The van der Waals surface area contributed by atoms with Crippen molar-refractivity contribution in [3.05, 3.63) is 12.2 Å². The summed E-state index contributed by atoms with van der Waals surface area (Å²) >= 11 is 0. The highest BCUT2D eigenvalue weighted by molar-refractivity contribution is 6.48. The number of Topliss-reactive ketones (excluding diaryl/α,β-unsaturated/α-hetero) is 1. The Morgan fingerprint density at radius 2 is 1.84 bits per heavy atom. The molecule has 0 aliphatic heterocycles. The summed E-state index contributed by atoms with van der Waals surface area (Å²) in [4.78, 5) is 11.6. The van der Waals surface area contributed by atoms with E-state index in [0.717, 1.165) is 25.9 Å². The van der Waals surface area contributed by atoms with Crippen molar-refractivity contribution in [2.75, 3.05) is 6.61 Å². The van der Waals surface area contributed by atoms with Gasteiger partial charge in [0.25, 0.3) is 0 Å². The van der Waals surface area contributed by atoms with Gasteiger partial charge in [-0.2, -0.15) is 0 Å². The molecule has 1 fully saturated rings. The Balaban J connectivity index is 2.26. The first-order valence-corrected chi connectivity index (χ1v) is 13.4. The third kappa shape index (κ3) is 11.0. The average Bonchev–Trinajstić information content (AvgIpc) is 2.51. The maximum Gasteiger partial charge on any atom is 0.170 e. The van der Waals surface area contributed by atoms with Crippen molar-refractivity contribution in [3.63, 3.8) is 0 Å². The third-order valence-electron chi connectivity index (χ3n) is 5.36. The predicted octanol–water partition coefficient (Wildman–Crippen LogP) is 6.30. The van der Waals surface area contributed by atoms with Crippen molar-refractivity contribution in [2.45, 2.75) is 98.1 Å². The molecule has 0 bridgehead atoms. The molecule has 0 aromatic heterocycles. The molecule has 0 spiro atoms. The van der Waals surface area contributed by atoms with E-state index in [0.29, 0.717) is 23.0 Å². The van der Waals surface area contributed by atoms with Crippen LogP contribution in [0.4, 0.5) is 0 Å². The van der Waals surface area contributed by atoms with Gasteiger partial charge in [-0.1, -0.05) is 58.6 Å². The van der Waals surface area contributed by atoms with Gasteiger partial charge in [0.15, 0.2) is 9.04 Å². The molecule has 0 saturated heterocycles. The van der Waals surface area contributed by atoms with E-state index < -0.39 is 9.04 Å². The number of hydrogen-bond acceptors (Lipinski definition) is 2. The van der Waals surface area contributed by atoms with Crippen molar-refractivity contribution in [1.29, 1.82) is 0 Å². The van der Waals surface area contributed by atoms with Crippen LogP contribution in [0.5, 0.6) is 0 Å². The molecular weight excluding hydrogens is 324 g/mol. The first kappa shape index (κ1) is 22.6. The molecule has 2 nitrogen and oxygen atoms in total. The molecule has 1 saturated carbocycles. The van der Waals surface area contributed by atoms with E-state index >= 15 is 0 Å². The van der Waals surface area contributed by atoms with Crippen molar-refractivity contribution in [1.82, 2.24) is 0 Å². The Morgan fingerprint density at radius 3 is 2.48 bits per heavy atom. The topological polar surface area (TPSA) is 26.3 Å². The zero-order valence-electron chi connectivity index (χ0n) is 17.5. The molecule has 2 atom stereocenters. The summed E-state index contributed by atoms with van der Waals surface area (Å²) in [5.74, 6) is 1.58. The summed E-state index contributed by atoms with van der Waals surface area (Å²) in [7, 11) is -0.822. The maximum absolute atomic E-state index is 11.6. The normalized spacial score (nSPS) is 20.6. The number of rotatable bonds is 11. The fourth-order valence-corrected chi connectivity index (χ4v) is 4.29. The second-order valence-electron chi connectivity index (χ2n) is 9.23. The monoisotopic (exact) mass is 366 g/mol. The van der Waals surface area contributed by atoms with Crippen LogP contribution in [0.15, 0.2) is 12.2 Å². The molecule has 1 aliphatic carbocycles. The minimum absolute atomic E-state index is 0.310. The maximum atomic E-state index is 11.6. The molecule has 2 unspecified atom stereocenters. The molecule has 3 heteroatoms. The second-order valence-corrected chi connectivity index (χ2v) is 11.7. The van der Waals surface area contributed by atoms with Gasteiger partial charge in [0.1, 0.15) is 5.78 Å². The van der Waals surface area contributed by atoms with Gasteiger partial charge in [0, 0.05) is 19.4 Å². The quantitative estimate of drug-likeness (QED) is 0.243. The summed E-state index contributed by atoms with van der Waals surface area (Å²) in [6.45, 7) is 12.5.